The van der Waals surface area contributed by atoms with Gasteiger partial charge in [-0.25, -0.2) is 0 Å². The molecule has 0 atom stereocenters. The van der Waals surface area contributed by atoms with Gasteiger partial charge in [0, 0.05) is 35.3 Å². The number of benzene rings is 1. The smallest absolute Gasteiger partial charge is 0.0553 e. The molecular formula is C12H16IN3. The summed E-state index contributed by atoms with van der Waals surface area (Å²) in [7, 11) is 2.15. The summed E-state index contributed by atoms with van der Waals surface area (Å²) in [6, 6.07) is 8.30. The molecule has 1 fully saturated rings. The van der Waals surface area contributed by atoms with Crippen molar-refractivity contribution in [2.45, 2.75) is 0 Å². The normalized spacial score (nSPS) is 18.2. The predicted molar refractivity (Wildman–Crippen MR) is 75.8 cm³/mol. The molecule has 0 aromatic heterocycles. The van der Waals surface area contributed by atoms with E-state index in [2.05, 4.69) is 62.8 Å². The second-order valence-corrected chi connectivity index (χ2v) is 5.19. The van der Waals surface area contributed by atoms with E-state index >= 15 is 0 Å². The molecule has 1 aliphatic heterocycles. The molecule has 0 amide bonds. The monoisotopic (exact) mass is 329 g/mol. The summed E-state index contributed by atoms with van der Waals surface area (Å²) in [6.45, 7) is 4.25. The highest BCUT2D eigenvalue weighted by molar-refractivity contribution is 14.1. The standard InChI is InChI=1S/C12H16IN3/c1-15-6-8-16(9-7-15)14-10-11-4-2-3-5-12(11)13/h2-5,10H,6-9H2,1H3/b14-10+. The fourth-order valence-corrected chi connectivity index (χ4v) is 2.16. The van der Waals surface area contributed by atoms with Crippen LogP contribution in [0.4, 0.5) is 0 Å². The first-order valence-electron chi connectivity index (χ1n) is 5.48. The number of hydrazone groups is 1. The number of rotatable bonds is 2. The Kier molecular flexibility index (Phi) is 4.17. The first kappa shape index (κ1) is 11.9. The second-order valence-electron chi connectivity index (χ2n) is 4.02. The van der Waals surface area contributed by atoms with Crippen molar-refractivity contribution in [3.8, 4) is 0 Å². The van der Waals surface area contributed by atoms with Gasteiger partial charge in [0.15, 0.2) is 0 Å². The maximum Gasteiger partial charge on any atom is 0.0553 e. The molecule has 0 radical (unpaired) electrons. The van der Waals surface area contributed by atoms with Crippen molar-refractivity contribution in [1.82, 2.24) is 9.91 Å². The van der Waals surface area contributed by atoms with Crippen molar-refractivity contribution in [3.05, 3.63) is 33.4 Å². The lowest BCUT2D eigenvalue weighted by atomic mass is 10.2. The van der Waals surface area contributed by atoms with Crippen LogP contribution in [0.3, 0.4) is 0 Å². The van der Waals surface area contributed by atoms with Crippen molar-refractivity contribution in [2.75, 3.05) is 33.2 Å². The molecule has 1 aromatic carbocycles. The Labute approximate surface area is 110 Å². The van der Waals surface area contributed by atoms with Crippen molar-refractivity contribution in [2.24, 2.45) is 5.10 Å². The highest BCUT2D eigenvalue weighted by Gasteiger charge is 2.10. The van der Waals surface area contributed by atoms with Gasteiger partial charge >= 0.3 is 0 Å². The first-order chi connectivity index (χ1) is 7.75. The highest BCUT2D eigenvalue weighted by atomic mass is 127. The summed E-state index contributed by atoms with van der Waals surface area (Å²) in [5.41, 5.74) is 1.20. The van der Waals surface area contributed by atoms with Gasteiger partial charge in [0.1, 0.15) is 0 Å². The molecule has 0 aliphatic carbocycles. The van der Waals surface area contributed by atoms with Crippen LogP contribution in [0.1, 0.15) is 5.56 Å². The lowest BCUT2D eigenvalue weighted by molar-refractivity contribution is 0.159. The molecule has 0 bridgehead atoms. The van der Waals surface area contributed by atoms with Gasteiger partial charge in [-0.1, -0.05) is 18.2 Å². The summed E-state index contributed by atoms with van der Waals surface area (Å²) in [6.07, 6.45) is 1.97. The van der Waals surface area contributed by atoms with Gasteiger partial charge < -0.3 is 4.90 Å². The van der Waals surface area contributed by atoms with Gasteiger partial charge in [0.2, 0.25) is 0 Å². The lowest BCUT2D eigenvalue weighted by Gasteiger charge is -2.30. The minimum absolute atomic E-state index is 1.02. The fourth-order valence-electron chi connectivity index (χ4n) is 1.64. The number of hydrogen-bond acceptors (Lipinski definition) is 3. The number of piperazine rings is 1. The quantitative estimate of drug-likeness (QED) is 0.609. The summed E-state index contributed by atoms with van der Waals surface area (Å²) in [5.74, 6) is 0. The zero-order valence-corrected chi connectivity index (χ0v) is 11.6. The number of hydrogen-bond donors (Lipinski definition) is 0. The Hall–Kier alpha value is -0.620. The summed E-state index contributed by atoms with van der Waals surface area (Å²) in [4.78, 5) is 2.33. The Morgan fingerprint density at radius 3 is 2.56 bits per heavy atom. The maximum atomic E-state index is 4.53. The van der Waals surface area contributed by atoms with Crippen molar-refractivity contribution in [1.29, 1.82) is 0 Å². The van der Waals surface area contributed by atoms with Gasteiger partial charge in [-0.15, -0.1) is 0 Å². The summed E-state index contributed by atoms with van der Waals surface area (Å²) in [5, 5.41) is 6.67. The lowest BCUT2D eigenvalue weighted by Crippen LogP contribution is -2.41. The first-order valence-corrected chi connectivity index (χ1v) is 6.55. The number of nitrogens with zero attached hydrogens (tertiary/aromatic N) is 3. The van der Waals surface area contributed by atoms with Gasteiger partial charge in [-0.3, -0.25) is 5.01 Å². The van der Waals surface area contributed by atoms with Crippen molar-refractivity contribution >= 4 is 28.8 Å². The predicted octanol–water partition coefficient (Wildman–Crippen LogP) is 1.87. The molecule has 2 rings (SSSR count). The van der Waals surface area contributed by atoms with Gasteiger partial charge in [-0.2, -0.15) is 5.10 Å². The second kappa shape index (κ2) is 5.63. The van der Waals surface area contributed by atoms with E-state index in [1.54, 1.807) is 0 Å². The number of halogens is 1. The van der Waals surface area contributed by atoms with Gasteiger partial charge in [0.25, 0.3) is 0 Å². The molecule has 0 unspecified atom stereocenters. The van der Waals surface area contributed by atoms with Crippen molar-refractivity contribution in [3.63, 3.8) is 0 Å². The summed E-state index contributed by atoms with van der Waals surface area (Å²) >= 11 is 2.34. The van der Waals surface area contributed by atoms with Crippen LogP contribution in [0.15, 0.2) is 29.4 Å². The fraction of sp³-hybridized carbons (Fsp3) is 0.417. The van der Waals surface area contributed by atoms with Crippen LogP contribution in [-0.4, -0.2) is 49.4 Å². The van der Waals surface area contributed by atoms with Gasteiger partial charge in [-0.05, 0) is 35.7 Å². The molecule has 16 heavy (non-hydrogen) atoms. The van der Waals surface area contributed by atoms with Crippen LogP contribution in [0.25, 0.3) is 0 Å². The van der Waals surface area contributed by atoms with E-state index in [0.717, 1.165) is 26.2 Å². The Bertz CT molecular complexity index is 370. The summed E-state index contributed by atoms with van der Waals surface area (Å²) < 4.78 is 1.25. The molecule has 1 saturated heterocycles. The minimum Gasteiger partial charge on any atom is -0.303 e. The van der Waals surface area contributed by atoms with Crippen molar-refractivity contribution < 1.29 is 0 Å². The van der Waals surface area contributed by atoms with Crippen LogP contribution in [0.2, 0.25) is 0 Å². The third-order valence-electron chi connectivity index (χ3n) is 2.75. The molecule has 1 aliphatic rings. The van der Waals surface area contributed by atoms with Crippen LogP contribution in [0.5, 0.6) is 0 Å². The average molecular weight is 329 g/mol. The molecule has 1 aromatic rings. The van der Waals surface area contributed by atoms with Crippen LogP contribution < -0.4 is 0 Å². The maximum absolute atomic E-state index is 4.53. The SMILES string of the molecule is CN1CCN(/N=C/c2ccccc2I)CC1. The van der Waals surface area contributed by atoms with E-state index in [0.29, 0.717) is 0 Å². The molecule has 4 heteroatoms. The third kappa shape index (κ3) is 3.18. The topological polar surface area (TPSA) is 18.8 Å². The van der Waals surface area contributed by atoms with Crippen LogP contribution in [0, 0.1) is 3.57 Å². The molecule has 0 spiro atoms. The van der Waals surface area contributed by atoms with E-state index in [1.807, 2.05) is 12.3 Å². The van der Waals surface area contributed by atoms with Gasteiger partial charge in [0.05, 0.1) is 6.21 Å². The van der Waals surface area contributed by atoms with E-state index in [1.165, 1.54) is 9.13 Å². The molecular weight excluding hydrogens is 313 g/mol. The van der Waals surface area contributed by atoms with E-state index < -0.39 is 0 Å². The highest BCUT2D eigenvalue weighted by Crippen LogP contribution is 2.09. The molecule has 3 nitrogen and oxygen atoms in total. The molecule has 1 heterocycles. The van der Waals surface area contributed by atoms with E-state index in [4.69, 9.17) is 0 Å². The van der Waals surface area contributed by atoms with E-state index in [-0.39, 0.29) is 0 Å². The average Bonchev–Trinajstić information content (AvgIpc) is 2.30. The third-order valence-corrected chi connectivity index (χ3v) is 3.73. The molecule has 0 N–H and O–H groups in total. The van der Waals surface area contributed by atoms with Crippen LogP contribution in [-0.2, 0) is 0 Å². The Morgan fingerprint density at radius 1 is 1.19 bits per heavy atom. The number of likely N-dealkylation sites (N-methyl/N-ethyl adjacent to an activating group) is 1. The molecule has 0 saturated carbocycles. The largest absolute Gasteiger partial charge is 0.303 e. The van der Waals surface area contributed by atoms with E-state index in [9.17, 15) is 0 Å². The molecule has 86 valence electrons. The van der Waals surface area contributed by atoms with Crippen LogP contribution >= 0.6 is 22.6 Å². The minimum atomic E-state index is 1.02. The zero-order valence-electron chi connectivity index (χ0n) is 9.43. The Balaban J connectivity index is 1.97. The Morgan fingerprint density at radius 2 is 1.88 bits per heavy atom. The zero-order chi connectivity index (χ0) is 11.4.